The summed E-state index contributed by atoms with van der Waals surface area (Å²) in [6.07, 6.45) is 1.73. The molecule has 4 rings (SSSR count). The van der Waals surface area contributed by atoms with E-state index in [-0.39, 0.29) is 22.5 Å². The Hall–Kier alpha value is -2.86. The number of carbonyl (C=O) groups is 1. The van der Waals surface area contributed by atoms with Crippen molar-refractivity contribution in [2.75, 3.05) is 17.7 Å². The number of anilines is 1. The van der Waals surface area contributed by atoms with Crippen molar-refractivity contribution < 1.29 is 4.79 Å². The van der Waals surface area contributed by atoms with E-state index >= 15 is 0 Å². The summed E-state index contributed by atoms with van der Waals surface area (Å²) in [6, 6.07) is 15.5. The van der Waals surface area contributed by atoms with Crippen LogP contribution in [0, 0.1) is 0 Å². The van der Waals surface area contributed by atoms with Gasteiger partial charge in [-0.15, -0.1) is 0 Å². The monoisotopic (exact) mass is 405 g/mol. The number of rotatable bonds is 4. The van der Waals surface area contributed by atoms with Crippen molar-refractivity contribution in [1.29, 1.82) is 0 Å². The highest BCUT2D eigenvalue weighted by Crippen LogP contribution is 2.46. The molecule has 2 heterocycles. The normalized spacial score (nSPS) is 16.4. The Morgan fingerprint density at radius 2 is 1.79 bits per heavy atom. The van der Waals surface area contributed by atoms with Gasteiger partial charge in [-0.25, -0.2) is 4.98 Å². The van der Waals surface area contributed by atoms with E-state index in [1.165, 1.54) is 21.9 Å². The largest absolute Gasteiger partial charge is 0.347 e. The molecule has 0 atom stereocenters. The molecule has 0 saturated heterocycles. The lowest BCUT2D eigenvalue weighted by Crippen LogP contribution is -2.24. The third kappa shape index (κ3) is 3.27. The van der Waals surface area contributed by atoms with Gasteiger partial charge in [-0.1, -0.05) is 55.9 Å². The van der Waals surface area contributed by atoms with Gasteiger partial charge in [0.05, 0.1) is 16.7 Å². The first-order valence-corrected chi connectivity index (χ1v) is 10.5. The predicted octanol–water partition coefficient (Wildman–Crippen LogP) is 3.91. The van der Waals surface area contributed by atoms with Gasteiger partial charge in [-0.2, -0.15) is 0 Å². The van der Waals surface area contributed by atoms with Crippen molar-refractivity contribution in [3.05, 3.63) is 76.2 Å². The number of allylic oxidation sites excluding steroid dienone is 2. The van der Waals surface area contributed by atoms with Crippen molar-refractivity contribution in [3.8, 4) is 0 Å². The molecule has 0 N–H and O–H groups in total. The summed E-state index contributed by atoms with van der Waals surface area (Å²) in [5.74, 6) is 0.225. The molecule has 3 aromatic rings. The van der Waals surface area contributed by atoms with E-state index in [9.17, 15) is 9.59 Å². The summed E-state index contributed by atoms with van der Waals surface area (Å²) >= 11 is 1.29. The summed E-state index contributed by atoms with van der Waals surface area (Å²) in [7, 11) is 3.69. The number of para-hydroxylation sites is 2. The van der Waals surface area contributed by atoms with Crippen LogP contribution >= 0.6 is 11.8 Å². The van der Waals surface area contributed by atoms with Crippen molar-refractivity contribution >= 4 is 34.1 Å². The number of fused-ring (bicyclic) bond motifs is 2. The standard InChI is InChI=1S/C23H23N3O2S/c1-23(2)17-10-6-8-12-19(17)25(3)20(23)13-15(27)14-29-22-24-18-11-7-5-9-16(18)21(28)26(22)4/h5-13H,14H2,1-4H3. The third-order valence-electron chi connectivity index (χ3n) is 5.52. The Labute approximate surface area is 174 Å². The molecule has 0 amide bonds. The SMILES string of the molecule is CN1C(=CC(=O)CSc2nc3ccccc3c(=O)n2C)C(C)(C)c2ccccc21. The van der Waals surface area contributed by atoms with Crippen LogP contribution in [-0.4, -0.2) is 28.1 Å². The summed E-state index contributed by atoms with van der Waals surface area (Å²) in [5, 5.41) is 1.13. The van der Waals surface area contributed by atoms with Crippen molar-refractivity contribution in [1.82, 2.24) is 9.55 Å². The fraction of sp³-hybridized carbons (Fsp3) is 0.261. The van der Waals surface area contributed by atoms with Crippen LogP contribution in [0.4, 0.5) is 5.69 Å². The molecule has 0 aliphatic carbocycles. The topological polar surface area (TPSA) is 55.2 Å². The molecule has 0 unspecified atom stereocenters. The fourth-order valence-electron chi connectivity index (χ4n) is 3.92. The molecule has 0 spiro atoms. The van der Waals surface area contributed by atoms with Gasteiger partial charge in [-0.3, -0.25) is 14.2 Å². The lowest BCUT2D eigenvalue weighted by molar-refractivity contribution is -0.112. The Kier molecular flexibility index (Phi) is 4.82. The molecule has 0 radical (unpaired) electrons. The molecule has 6 heteroatoms. The number of benzene rings is 2. The quantitative estimate of drug-likeness (QED) is 0.374. The zero-order valence-corrected chi connectivity index (χ0v) is 17.8. The van der Waals surface area contributed by atoms with E-state index in [2.05, 4.69) is 35.9 Å². The van der Waals surface area contributed by atoms with E-state index < -0.39 is 0 Å². The fourth-order valence-corrected chi connectivity index (χ4v) is 4.71. The Bertz CT molecular complexity index is 1210. The second-order valence-electron chi connectivity index (χ2n) is 7.76. The van der Waals surface area contributed by atoms with Gasteiger partial charge in [0.25, 0.3) is 5.56 Å². The molecule has 0 bridgehead atoms. The average Bonchev–Trinajstić information content (AvgIpc) is 2.91. The Morgan fingerprint density at radius 1 is 1.10 bits per heavy atom. The molecular weight excluding hydrogens is 382 g/mol. The first kappa shape index (κ1) is 19.5. The van der Waals surface area contributed by atoms with Crippen LogP contribution in [0.2, 0.25) is 0 Å². The van der Waals surface area contributed by atoms with Gasteiger partial charge >= 0.3 is 0 Å². The van der Waals surface area contributed by atoms with Crippen molar-refractivity contribution in [2.45, 2.75) is 24.4 Å². The number of hydrogen-bond acceptors (Lipinski definition) is 5. The van der Waals surface area contributed by atoms with E-state index in [4.69, 9.17) is 0 Å². The molecule has 2 aromatic carbocycles. The minimum absolute atomic E-state index is 0.000128. The summed E-state index contributed by atoms with van der Waals surface area (Å²) in [5.41, 5.74) is 3.63. The third-order valence-corrected chi connectivity index (χ3v) is 6.58. The highest BCUT2D eigenvalue weighted by molar-refractivity contribution is 7.99. The smallest absolute Gasteiger partial charge is 0.261 e. The van der Waals surface area contributed by atoms with Crippen LogP contribution in [0.5, 0.6) is 0 Å². The predicted molar refractivity (Wildman–Crippen MR) is 119 cm³/mol. The Balaban J connectivity index is 1.58. The summed E-state index contributed by atoms with van der Waals surface area (Å²) in [6.45, 7) is 4.27. The van der Waals surface area contributed by atoms with Crippen LogP contribution in [-0.2, 0) is 17.3 Å². The van der Waals surface area contributed by atoms with Crippen LogP contribution in [0.15, 0.2) is 70.3 Å². The number of likely N-dealkylation sites (N-methyl/N-ethyl adjacent to an activating group) is 1. The molecule has 1 aliphatic heterocycles. The highest BCUT2D eigenvalue weighted by atomic mass is 32.2. The molecule has 148 valence electrons. The maximum atomic E-state index is 12.8. The zero-order chi connectivity index (χ0) is 20.8. The maximum absolute atomic E-state index is 12.8. The van der Waals surface area contributed by atoms with E-state index in [1.54, 1.807) is 19.2 Å². The second-order valence-corrected chi connectivity index (χ2v) is 8.70. The minimum Gasteiger partial charge on any atom is -0.347 e. The minimum atomic E-state index is -0.236. The number of thioether (sulfide) groups is 1. The lowest BCUT2D eigenvalue weighted by Gasteiger charge is -2.23. The number of nitrogens with zero attached hydrogens (tertiary/aromatic N) is 3. The van der Waals surface area contributed by atoms with Gasteiger partial charge in [-0.05, 0) is 23.8 Å². The molecule has 1 aliphatic rings. The molecular formula is C23H23N3O2S. The first-order valence-electron chi connectivity index (χ1n) is 9.47. The van der Waals surface area contributed by atoms with Crippen LogP contribution in [0.3, 0.4) is 0 Å². The second kappa shape index (κ2) is 7.19. The van der Waals surface area contributed by atoms with Crippen LogP contribution in [0.25, 0.3) is 10.9 Å². The van der Waals surface area contributed by atoms with Gasteiger partial charge in [0.2, 0.25) is 0 Å². The lowest BCUT2D eigenvalue weighted by atomic mass is 9.83. The number of ketones is 1. The maximum Gasteiger partial charge on any atom is 0.261 e. The van der Waals surface area contributed by atoms with Crippen molar-refractivity contribution in [2.24, 2.45) is 7.05 Å². The number of hydrogen-bond donors (Lipinski definition) is 0. The number of aromatic nitrogens is 2. The highest BCUT2D eigenvalue weighted by Gasteiger charge is 2.38. The van der Waals surface area contributed by atoms with E-state index in [0.29, 0.717) is 16.1 Å². The van der Waals surface area contributed by atoms with E-state index in [1.807, 2.05) is 37.4 Å². The first-order chi connectivity index (χ1) is 13.8. The molecule has 0 fully saturated rings. The van der Waals surface area contributed by atoms with Crippen LogP contribution < -0.4 is 10.5 Å². The Morgan fingerprint density at radius 3 is 2.55 bits per heavy atom. The molecule has 0 saturated carbocycles. The molecule has 1 aromatic heterocycles. The average molecular weight is 406 g/mol. The van der Waals surface area contributed by atoms with Gasteiger partial charge in [0.15, 0.2) is 10.9 Å². The van der Waals surface area contributed by atoms with Gasteiger partial charge in [0.1, 0.15) is 0 Å². The van der Waals surface area contributed by atoms with Gasteiger partial charge in [0, 0.05) is 37.0 Å². The molecule has 29 heavy (non-hydrogen) atoms. The zero-order valence-electron chi connectivity index (χ0n) is 17.0. The summed E-state index contributed by atoms with van der Waals surface area (Å²) in [4.78, 5) is 32.0. The van der Waals surface area contributed by atoms with Crippen LogP contribution in [0.1, 0.15) is 19.4 Å². The van der Waals surface area contributed by atoms with Gasteiger partial charge < -0.3 is 4.90 Å². The number of carbonyl (C=O) groups excluding carboxylic acids is 1. The van der Waals surface area contributed by atoms with E-state index in [0.717, 1.165) is 11.4 Å². The summed E-state index contributed by atoms with van der Waals surface area (Å²) < 4.78 is 1.51. The van der Waals surface area contributed by atoms with Crippen molar-refractivity contribution in [3.63, 3.8) is 0 Å². The molecule has 5 nitrogen and oxygen atoms in total.